The molecule has 0 radical (unpaired) electrons. The smallest absolute Gasteiger partial charge is 0.141 e. The van der Waals surface area contributed by atoms with Crippen LogP contribution in [0.1, 0.15) is 18.5 Å². The molecule has 2 heterocycles. The maximum Gasteiger partial charge on any atom is 0.141 e. The number of hydrogen-bond donors (Lipinski definition) is 1. The molecule has 1 aromatic heterocycles. The first kappa shape index (κ1) is 10.7. The van der Waals surface area contributed by atoms with Crippen molar-refractivity contribution in [2.24, 2.45) is 0 Å². The van der Waals surface area contributed by atoms with Crippen molar-refractivity contribution >= 4 is 17.6 Å². The molecule has 1 aliphatic rings. The number of aromatic nitrogens is 2. The van der Waals surface area contributed by atoms with E-state index in [1.807, 2.05) is 11.8 Å². The Morgan fingerprint density at radius 3 is 2.80 bits per heavy atom. The zero-order valence-electron chi connectivity index (χ0n) is 8.56. The molecule has 1 aromatic rings. The standard InChI is InChI=1S/C10H15N3OS/c11-10-6-12-8(5-13-10)7-15-9-1-3-14-4-2-9/h5-6,9H,1-4,7H2,(H2,11,13). The quantitative estimate of drug-likeness (QED) is 0.844. The zero-order chi connectivity index (χ0) is 10.5. The third-order valence-corrected chi connectivity index (χ3v) is 3.77. The Labute approximate surface area is 93.6 Å². The van der Waals surface area contributed by atoms with Crippen LogP contribution < -0.4 is 5.73 Å². The molecule has 82 valence electrons. The lowest BCUT2D eigenvalue weighted by atomic mass is 10.2. The van der Waals surface area contributed by atoms with Crippen LogP contribution in [0.5, 0.6) is 0 Å². The first-order chi connectivity index (χ1) is 7.34. The molecule has 0 unspecified atom stereocenters. The van der Waals surface area contributed by atoms with E-state index < -0.39 is 0 Å². The summed E-state index contributed by atoms with van der Waals surface area (Å²) in [7, 11) is 0. The lowest BCUT2D eigenvalue weighted by molar-refractivity contribution is 0.1000. The second kappa shape index (κ2) is 5.32. The first-order valence-corrected chi connectivity index (χ1v) is 6.15. The van der Waals surface area contributed by atoms with Gasteiger partial charge in [-0.2, -0.15) is 11.8 Å². The number of anilines is 1. The van der Waals surface area contributed by atoms with Gasteiger partial charge in [-0.3, -0.25) is 4.98 Å². The van der Waals surface area contributed by atoms with Gasteiger partial charge in [0, 0.05) is 24.2 Å². The van der Waals surface area contributed by atoms with Crippen LogP contribution in [0.3, 0.4) is 0 Å². The third-order valence-electron chi connectivity index (χ3n) is 2.36. The second-order valence-electron chi connectivity index (χ2n) is 3.56. The average molecular weight is 225 g/mol. The Morgan fingerprint density at radius 2 is 2.13 bits per heavy atom. The van der Waals surface area contributed by atoms with E-state index in [4.69, 9.17) is 10.5 Å². The third kappa shape index (κ3) is 3.35. The van der Waals surface area contributed by atoms with E-state index in [0.717, 1.165) is 37.5 Å². The molecule has 4 nitrogen and oxygen atoms in total. The fourth-order valence-electron chi connectivity index (χ4n) is 1.49. The van der Waals surface area contributed by atoms with Gasteiger partial charge in [-0.15, -0.1) is 0 Å². The van der Waals surface area contributed by atoms with Crippen LogP contribution in [0.15, 0.2) is 12.4 Å². The van der Waals surface area contributed by atoms with E-state index in [0.29, 0.717) is 11.1 Å². The molecular formula is C10H15N3OS. The van der Waals surface area contributed by atoms with Gasteiger partial charge in [0.1, 0.15) is 5.82 Å². The lowest BCUT2D eigenvalue weighted by Gasteiger charge is -2.21. The highest BCUT2D eigenvalue weighted by Crippen LogP contribution is 2.24. The van der Waals surface area contributed by atoms with Gasteiger partial charge >= 0.3 is 0 Å². The number of nitrogen functional groups attached to an aromatic ring is 1. The molecule has 0 aliphatic carbocycles. The molecule has 5 heteroatoms. The van der Waals surface area contributed by atoms with Crippen LogP contribution in [0, 0.1) is 0 Å². The number of nitrogens with two attached hydrogens (primary N) is 1. The summed E-state index contributed by atoms with van der Waals surface area (Å²) in [6.45, 7) is 1.79. The van der Waals surface area contributed by atoms with Gasteiger partial charge in [-0.05, 0) is 12.8 Å². The Balaban J connectivity index is 1.79. The summed E-state index contributed by atoms with van der Waals surface area (Å²) in [6.07, 6.45) is 5.65. The number of nitrogens with zero attached hydrogens (tertiary/aromatic N) is 2. The van der Waals surface area contributed by atoms with Crippen molar-refractivity contribution in [3.05, 3.63) is 18.1 Å². The van der Waals surface area contributed by atoms with Gasteiger partial charge in [-0.25, -0.2) is 4.98 Å². The largest absolute Gasteiger partial charge is 0.382 e. The molecule has 0 amide bonds. The van der Waals surface area contributed by atoms with E-state index in [1.165, 1.54) is 0 Å². The van der Waals surface area contributed by atoms with Crippen LogP contribution >= 0.6 is 11.8 Å². The number of hydrogen-bond acceptors (Lipinski definition) is 5. The van der Waals surface area contributed by atoms with Crippen LogP contribution in [-0.2, 0) is 10.5 Å². The van der Waals surface area contributed by atoms with E-state index >= 15 is 0 Å². The van der Waals surface area contributed by atoms with Gasteiger partial charge in [0.05, 0.1) is 18.1 Å². The van der Waals surface area contributed by atoms with Crippen LogP contribution in [0.25, 0.3) is 0 Å². The molecule has 1 aliphatic heterocycles. The summed E-state index contributed by atoms with van der Waals surface area (Å²) >= 11 is 1.93. The molecule has 2 N–H and O–H groups in total. The summed E-state index contributed by atoms with van der Waals surface area (Å²) in [4.78, 5) is 8.24. The molecule has 0 bridgehead atoms. The van der Waals surface area contributed by atoms with Crippen LogP contribution in [0.2, 0.25) is 0 Å². The number of thioether (sulfide) groups is 1. The molecule has 1 saturated heterocycles. The Morgan fingerprint density at radius 1 is 1.33 bits per heavy atom. The van der Waals surface area contributed by atoms with Gasteiger partial charge < -0.3 is 10.5 Å². The van der Waals surface area contributed by atoms with E-state index in [1.54, 1.807) is 12.4 Å². The number of ether oxygens (including phenoxy) is 1. The van der Waals surface area contributed by atoms with Crippen molar-refractivity contribution in [2.45, 2.75) is 23.8 Å². The normalized spacial score (nSPS) is 17.9. The van der Waals surface area contributed by atoms with Gasteiger partial charge in [0.2, 0.25) is 0 Å². The highest BCUT2D eigenvalue weighted by molar-refractivity contribution is 7.99. The molecule has 0 aromatic carbocycles. The van der Waals surface area contributed by atoms with Crippen LogP contribution in [-0.4, -0.2) is 28.4 Å². The van der Waals surface area contributed by atoms with Crippen LogP contribution in [0.4, 0.5) is 5.82 Å². The predicted molar refractivity (Wildman–Crippen MR) is 61.6 cm³/mol. The van der Waals surface area contributed by atoms with Crippen molar-refractivity contribution in [3.8, 4) is 0 Å². The maximum absolute atomic E-state index is 5.47. The minimum atomic E-state index is 0.481. The molecule has 1 fully saturated rings. The molecule has 15 heavy (non-hydrogen) atoms. The van der Waals surface area contributed by atoms with Gasteiger partial charge in [0.25, 0.3) is 0 Å². The summed E-state index contributed by atoms with van der Waals surface area (Å²) in [5, 5.41) is 0.707. The average Bonchev–Trinajstić information content (AvgIpc) is 2.30. The van der Waals surface area contributed by atoms with Crippen molar-refractivity contribution in [2.75, 3.05) is 18.9 Å². The topological polar surface area (TPSA) is 61.0 Å². The van der Waals surface area contributed by atoms with Gasteiger partial charge in [0.15, 0.2) is 0 Å². The minimum absolute atomic E-state index is 0.481. The predicted octanol–water partition coefficient (Wildman–Crippen LogP) is 1.47. The highest BCUT2D eigenvalue weighted by atomic mass is 32.2. The second-order valence-corrected chi connectivity index (χ2v) is 4.84. The maximum atomic E-state index is 5.47. The van der Waals surface area contributed by atoms with E-state index in [-0.39, 0.29) is 0 Å². The molecule has 0 saturated carbocycles. The highest BCUT2D eigenvalue weighted by Gasteiger charge is 2.14. The van der Waals surface area contributed by atoms with E-state index in [2.05, 4.69) is 9.97 Å². The Bertz CT molecular complexity index is 298. The molecule has 2 rings (SSSR count). The fraction of sp³-hybridized carbons (Fsp3) is 0.600. The van der Waals surface area contributed by atoms with Crippen molar-refractivity contribution in [1.82, 2.24) is 9.97 Å². The van der Waals surface area contributed by atoms with E-state index in [9.17, 15) is 0 Å². The molecule has 0 atom stereocenters. The number of rotatable bonds is 3. The summed E-state index contributed by atoms with van der Waals surface area (Å²) in [5.74, 6) is 1.40. The Hall–Kier alpha value is -0.810. The summed E-state index contributed by atoms with van der Waals surface area (Å²) < 4.78 is 5.31. The molecule has 0 spiro atoms. The van der Waals surface area contributed by atoms with Gasteiger partial charge in [-0.1, -0.05) is 0 Å². The SMILES string of the molecule is Nc1cnc(CSC2CCOCC2)cn1. The first-order valence-electron chi connectivity index (χ1n) is 5.10. The lowest BCUT2D eigenvalue weighted by Crippen LogP contribution is -2.17. The Kier molecular flexibility index (Phi) is 3.80. The summed E-state index contributed by atoms with van der Waals surface area (Å²) in [6, 6.07) is 0. The van der Waals surface area contributed by atoms with Crippen molar-refractivity contribution < 1.29 is 4.74 Å². The fourth-order valence-corrected chi connectivity index (χ4v) is 2.57. The summed E-state index contributed by atoms with van der Waals surface area (Å²) in [5.41, 5.74) is 6.47. The van der Waals surface area contributed by atoms with Crippen molar-refractivity contribution in [1.29, 1.82) is 0 Å². The zero-order valence-corrected chi connectivity index (χ0v) is 9.37. The van der Waals surface area contributed by atoms with Crippen molar-refractivity contribution in [3.63, 3.8) is 0 Å². The minimum Gasteiger partial charge on any atom is -0.382 e. The molecular weight excluding hydrogens is 210 g/mol. The monoisotopic (exact) mass is 225 g/mol.